The predicted molar refractivity (Wildman–Crippen MR) is 108 cm³/mol. The number of benzene rings is 1. The number of nitrogens with two attached hydrogens (primary N) is 1. The average Bonchev–Trinajstić information content (AvgIpc) is 2.73. The number of hydrogen-bond donors (Lipinski definition) is 2. The fourth-order valence-electron chi connectivity index (χ4n) is 3.45. The SMILES string of the molecule is Cc1nnc(NCc2cc(N)cc(C(F)(F)F)n2)c2cc(N3CCOCC3)ccc12. The number of ether oxygens (including phenoxy) is 1. The third kappa shape index (κ3) is 4.23. The monoisotopic (exact) mass is 418 g/mol. The molecule has 0 amide bonds. The Labute approximate surface area is 171 Å². The third-order valence-electron chi connectivity index (χ3n) is 4.95. The predicted octanol–water partition coefficient (Wildman–Crippen LogP) is 3.38. The lowest BCUT2D eigenvalue weighted by Gasteiger charge is -2.29. The number of aryl methyl sites for hydroxylation is 1. The average molecular weight is 418 g/mol. The number of pyridine rings is 1. The van der Waals surface area contributed by atoms with Gasteiger partial charge in [-0.25, -0.2) is 4.98 Å². The van der Waals surface area contributed by atoms with Crippen molar-refractivity contribution in [2.24, 2.45) is 0 Å². The second-order valence-corrected chi connectivity index (χ2v) is 7.09. The number of rotatable bonds is 4. The van der Waals surface area contributed by atoms with Gasteiger partial charge in [0.05, 0.1) is 31.1 Å². The molecule has 3 heterocycles. The zero-order chi connectivity index (χ0) is 21.3. The van der Waals surface area contributed by atoms with Crippen molar-refractivity contribution in [2.75, 3.05) is 42.3 Å². The maximum Gasteiger partial charge on any atom is 0.433 e. The molecule has 0 spiro atoms. The van der Waals surface area contributed by atoms with E-state index in [4.69, 9.17) is 10.5 Å². The lowest BCUT2D eigenvalue weighted by atomic mass is 10.1. The molecule has 1 aromatic carbocycles. The largest absolute Gasteiger partial charge is 0.433 e. The van der Waals surface area contributed by atoms with E-state index in [0.717, 1.165) is 41.3 Å². The molecule has 0 unspecified atom stereocenters. The van der Waals surface area contributed by atoms with Crippen molar-refractivity contribution in [1.29, 1.82) is 0 Å². The number of nitrogens with zero attached hydrogens (tertiary/aromatic N) is 4. The number of hydrogen-bond acceptors (Lipinski definition) is 7. The Balaban J connectivity index is 1.64. The summed E-state index contributed by atoms with van der Waals surface area (Å²) in [6, 6.07) is 8.25. The molecule has 1 fully saturated rings. The summed E-state index contributed by atoms with van der Waals surface area (Å²) < 4.78 is 44.4. The van der Waals surface area contributed by atoms with Crippen LogP contribution in [0.4, 0.5) is 30.4 Å². The highest BCUT2D eigenvalue weighted by atomic mass is 19.4. The Morgan fingerprint density at radius 2 is 1.87 bits per heavy atom. The number of alkyl halides is 3. The van der Waals surface area contributed by atoms with Gasteiger partial charge in [-0.3, -0.25) is 0 Å². The van der Waals surface area contributed by atoms with Crippen LogP contribution >= 0.6 is 0 Å². The number of nitrogen functional groups attached to an aromatic ring is 1. The number of fused-ring (bicyclic) bond motifs is 1. The first-order valence-electron chi connectivity index (χ1n) is 9.48. The zero-order valence-corrected chi connectivity index (χ0v) is 16.3. The van der Waals surface area contributed by atoms with Crippen LogP contribution in [0.25, 0.3) is 10.8 Å². The first-order valence-corrected chi connectivity index (χ1v) is 9.48. The summed E-state index contributed by atoms with van der Waals surface area (Å²) in [4.78, 5) is 5.89. The summed E-state index contributed by atoms with van der Waals surface area (Å²) >= 11 is 0. The maximum atomic E-state index is 13.0. The molecule has 0 aliphatic carbocycles. The van der Waals surface area contributed by atoms with E-state index in [0.29, 0.717) is 19.0 Å². The van der Waals surface area contributed by atoms with Crippen molar-refractivity contribution < 1.29 is 17.9 Å². The summed E-state index contributed by atoms with van der Waals surface area (Å²) in [6.07, 6.45) is -4.56. The van der Waals surface area contributed by atoms with Gasteiger partial charge in [0, 0.05) is 35.2 Å². The van der Waals surface area contributed by atoms with Crippen molar-refractivity contribution in [2.45, 2.75) is 19.6 Å². The Bertz CT molecular complexity index is 1070. The third-order valence-corrected chi connectivity index (χ3v) is 4.95. The number of anilines is 3. The molecule has 0 atom stereocenters. The molecule has 1 aliphatic rings. The minimum atomic E-state index is -4.56. The van der Waals surface area contributed by atoms with Crippen LogP contribution in [0.15, 0.2) is 30.3 Å². The van der Waals surface area contributed by atoms with Gasteiger partial charge in [-0.2, -0.15) is 18.3 Å². The molecular formula is C20H21F3N6O. The first kappa shape index (κ1) is 20.1. The number of nitrogens with one attached hydrogen (secondary N) is 1. The van der Waals surface area contributed by atoms with Crippen molar-refractivity contribution >= 4 is 28.0 Å². The molecule has 0 saturated carbocycles. The van der Waals surface area contributed by atoms with Gasteiger partial charge in [-0.15, -0.1) is 5.10 Å². The Morgan fingerprint density at radius 1 is 1.10 bits per heavy atom. The minimum absolute atomic E-state index is 0.00331. The van der Waals surface area contributed by atoms with Crippen LogP contribution < -0.4 is 16.0 Å². The molecule has 30 heavy (non-hydrogen) atoms. The Kier molecular flexibility index (Phi) is 5.33. The van der Waals surface area contributed by atoms with Gasteiger partial charge in [0.1, 0.15) is 5.69 Å². The van der Waals surface area contributed by atoms with E-state index in [1.807, 2.05) is 25.1 Å². The molecule has 0 radical (unpaired) electrons. The maximum absolute atomic E-state index is 13.0. The van der Waals surface area contributed by atoms with Gasteiger partial charge in [0.25, 0.3) is 0 Å². The second kappa shape index (κ2) is 7.94. The van der Waals surface area contributed by atoms with Crippen LogP contribution in [0.2, 0.25) is 0 Å². The van der Waals surface area contributed by atoms with Gasteiger partial charge < -0.3 is 20.7 Å². The van der Waals surface area contributed by atoms with Crippen LogP contribution in [0.5, 0.6) is 0 Å². The quantitative estimate of drug-likeness (QED) is 0.671. The Hall–Kier alpha value is -3.14. The molecule has 7 nitrogen and oxygen atoms in total. The normalized spacial score (nSPS) is 14.9. The fourth-order valence-corrected chi connectivity index (χ4v) is 3.45. The summed E-state index contributed by atoms with van der Waals surface area (Å²) in [7, 11) is 0. The molecule has 0 bridgehead atoms. The Morgan fingerprint density at radius 3 is 2.60 bits per heavy atom. The first-order chi connectivity index (χ1) is 14.3. The van der Waals surface area contributed by atoms with Crippen molar-refractivity contribution in [3.63, 3.8) is 0 Å². The fraction of sp³-hybridized carbons (Fsp3) is 0.350. The van der Waals surface area contributed by atoms with Gasteiger partial charge in [-0.05, 0) is 31.2 Å². The topological polar surface area (TPSA) is 89.2 Å². The van der Waals surface area contributed by atoms with E-state index < -0.39 is 11.9 Å². The molecule has 2 aromatic heterocycles. The molecule has 3 N–H and O–H groups in total. The van der Waals surface area contributed by atoms with Gasteiger partial charge in [-0.1, -0.05) is 6.07 Å². The molecule has 1 saturated heterocycles. The highest BCUT2D eigenvalue weighted by Crippen LogP contribution is 2.30. The van der Waals surface area contributed by atoms with Crippen molar-refractivity contribution in [1.82, 2.24) is 15.2 Å². The number of halogens is 3. The highest BCUT2D eigenvalue weighted by molar-refractivity contribution is 5.95. The standard InChI is InChI=1S/C20H21F3N6O/c1-12-16-3-2-15(29-4-6-30-7-5-29)10-17(16)19(28-27-12)25-11-14-8-13(24)9-18(26-14)20(21,22)23/h2-3,8-10H,4-7,11H2,1H3,(H2,24,26)(H,25,28). The lowest BCUT2D eigenvalue weighted by Crippen LogP contribution is -2.36. The van der Waals surface area contributed by atoms with Crippen LogP contribution in [-0.2, 0) is 17.5 Å². The van der Waals surface area contributed by atoms with E-state index in [9.17, 15) is 13.2 Å². The van der Waals surface area contributed by atoms with Gasteiger partial charge in [0.15, 0.2) is 5.82 Å². The number of morpholine rings is 1. The van der Waals surface area contributed by atoms with E-state index >= 15 is 0 Å². The summed E-state index contributed by atoms with van der Waals surface area (Å²) in [5.74, 6) is 0.475. The zero-order valence-electron chi connectivity index (χ0n) is 16.3. The molecule has 158 valence electrons. The molecular weight excluding hydrogens is 397 g/mol. The van der Waals surface area contributed by atoms with E-state index in [-0.39, 0.29) is 17.9 Å². The summed E-state index contributed by atoms with van der Waals surface area (Å²) in [6.45, 7) is 4.81. The highest BCUT2D eigenvalue weighted by Gasteiger charge is 2.33. The molecule has 1 aliphatic heterocycles. The van der Waals surface area contributed by atoms with Crippen molar-refractivity contribution in [3.8, 4) is 0 Å². The van der Waals surface area contributed by atoms with E-state index in [1.165, 1.54) is 6.07 Å². The van der Waals surface area contributed by atoms with E-state index in [1.54, 1.807) is 0 Å². The molecule has 3 aromatic rings. The van der Waals surface area contributed by atoms with Gasteiger partial charge in [0.2, 0.25) is 0 Å². The lowest BCUT2D eigenvalue weighted by molar-refractivity contribution is -0.141. The van der Waals surface area contributed by atoms with Crippen LogP contribution in [-0.4, -0.2) is 41.5 Å². The number of aromatic nitrogens is 3. The summed E-state index contributed by atoms with van der Waals surface area (Å²) in [5.41, 5.74) is 6.58. The van der Waals surface area contributed by atoms with Crippen LogP contribution in [0.1, 0.15) is 17.1 Å². The smallest absolute Gasteiger partial charge is 0.399 e. The van der Waals surface area contributed by atoms with Gasteiger partial charge >= 0.3 is 6.18 Å². The van der Waals surface area contributed by atoms with Crippen LogP contribution in [0.3, 0.4) is 0 Å². The molecule has 10 heteroatoms. The molecule has 4 rings (SSSR count). The summed E-state index contributed by atoms with van der Waals surface area (Å²) in [5, 5.41) is 13.2. The van der Waals surface area contributed by atoms with E-state index in [2.05, 4.69) is 25.4 Å². The second-order valence-electron chi connectivity index (χ2n) is 7.09. The van der Waals surface area contributed by atoms with Crippen molar-refractivity contribution in [3.05, 3.63) is 47.4 Å². The minimum Gasteiger partial charge on any atom is -0.399 e. The van der Waals surface area contributed by atoms with Crippen LogP contribution in [0, 0.1) is 6.92 Å².